The highest BCUT2D eigenvalue weighted by molar-refractivity contribution is 5.79. The molecule has 0 heterocycles. The van der Waals surface area contributed by atoms with E-state index in [1.807, 2.05) is 34.9 Å². The first-order valence-corrected chi connectivity index (χ1v) is 10.9. The topological polar surface area (TPSA) is 75.2 Å². The number of alkyl carbamates (subject to hydrolysis) is 1. The Morgan fingerprint density at radius 2 is 1.93 bits per heavy atom. The van der Waals surface area contributed by atoms with Crippen LogP contribution in [0, 0.1) is 11.3 Å². The van der Waals surface area contributed by atoms with Crippen molar-refractivity contribution in [3.8, 4) is 0 Å². The fraction of sp³-hybridized carbons (Fsp3) is 0.909. The number of nitrogens with one attached hydrogen (secondary N) is 2. The van der Waals surface area contributed by atoms with Gasteiger partial charge in [-0.2, -0.15) is 0 Å². The van der Waals surface area contributed by atoms with Crippen LogP contribution in [0.25, 0.3) is 0 Å². The van der Waals surface area contributed by atoms with E-state index in [0.717, 1.165) is 38.5 Å². The van der Waals surface area contributed by atoms with E-state index >= 15 is 0 Å². The number of methoxy groups -OCH3 is 1. The highest BCUT2D eigenvalue weighted by Gasteiger charge is 2.36. The van der Waals surface area contributed by atoms with Crippen molar-refractivity contribution < 1.29 is 14.3 Å². The molecular weight excluding hydrogens is 368 g/mol. The van der Waals surface area contributed by atoms with Gasteiger partial charge in [0.25, 0.3) is 0 Å². The van der Waals surface area contributed by atoms with Crippen molar-refractivity contribution >= 4 is 12.1 Å². The average Bonchev–Trinajstić information content (AvgIpc) is 2.58. The van der Waals surface area contributed by atoms with Gasteiger partial charge in [0.15, 0.2) is 5.96 Å². The lowest BCUT2D eigenvalue weighted by Crippen LogP contribution is -2.49. The zero-order chi connectivity index (χ0) is 22.1. The molecule has 1 unspecified atom stereocenters. The fourth-order valence-electron chi connectivity index (χ4n) is 3.63. The molecule has 0 aromatic carbocycles. The normalized spacial score (nSPS) is 17.5. The summed E-state index contributed by atoms with van der Waals surface area (Å²) in [4.78, 5) is 18.7. The van der Waals surface area contributed by atoms with Gasteiger partial charge in [0.05, 0.1) is 0 Å². The monoisotopic (exact) mass is 412 g/mol. The first-order chi connectivity index (χ1) is 13.5. The number of rotatable bonds is 10. The first kappa shape index (κ1) is 25.5. The van der Waals surface area contributed by atoms with Crippen molar-refractivity contribution in [1.29, 1.82) is 0 Å². The second-order valence-corrected chi connectivity index (χ2v) is 9.70. The lowest BCUT2D eigenvalue weighted by molar-refractivity contribution is 0.0485. The Labute approximate surface area is 178 Å². The third-order valence-corrected chi connectivity index (χ3v) is 5.73. The number of guanidine groups is 1. The number of carbonyl (C=O) groups is 1. The highest BCUT2D eigenvalue weighted by atomic mass is 16.6. The molecule has 7 heteroatoms. The zero-order valence-corrected chi connectivity index (χ0v) is 19.9. The Hall–Kier alpha value is -1.50. The molecule has 0 aromatic heterocycles. The lowest BCUT2D eigenvalue weighted by atomic mass is 9.67. The van der Waals surface area contributed by atoms with Crippen LogP contribution >= 0.6 is 0 Å². The highest BCUT2D eigenvalue weighted by Crippen LogP contribution is 2.43. The van der Waals surface area contributed by atoms with Gasteiger partial charge in [0, 0.05) is 46.9 Å². The minimum Gasteiger partial charge on any atom is -0.444 e. The van der Waals surface area contributed by atoms with Crippen LogP contribution in [0.1, 0.15) is 66.7 Å². The molecule has 0 radical (unpaired) electrons. The molecule has 0 spiro atoms. The van der Waals surface area contributed by atoms with E-state index in [9.17, 15) is 4.79 Å². The second kappa shape index (κ2) is 11.6. The number of carbonyl (C=O) groups excluding carboxylic acids is 1. The number of hydrogen-bond acceptors (Lipinski definition) is 4. The summed E-state index contributed by atoms with van der Waals surface area (Å²) in [6, 6.07) is 0.0464. The summed E-state index contributed by atoms with van der Waals surface area (Å²) in [6.07, 6.45) is 5.35. The summed E-state index contributed by atoms with van der Waals surface area (Å²) in [7, 11) is 5.63. The van der Waals surface area contributed by atoms with Crippen molar-refractivity contribution in [3.63, 3.8) is 0 Å². The molecule has 0 aliphatic heterocycles. The molecule has 7 nitrogen and oxygen atoms in total. The molecule has 170 valence electrons. The van der Waals surface area contributed by atoms with Crippen molar-refractivity contribution in [3.05, 3.63) is 0 Å². The Kier molecular flexibility index (Phi) is 10.2. The molecule has 1 rings (SSSR count). The van der Waals surface area contributed by atoms with E-state index in [-0.39, 0.29) is 12.1 Å². The zero-order valence-electron chi connectivity index (χ0n) is 19.9. The van der Waals surface area contributed by atoms with E-state index in [0.29, 0.717) is 11.3 Å². The SMILES string of the molecule is CN=C(NCC1(CCOC)CCC1)N(C)CCC(NC(=O)OC(C)(C)C)C(C)C. The van der Waals surface area contributed by atoms with Gasteiger partial charge >= 0.3 is 6.09 Å². The van der Waals surface area contributed by atoms with Crippen molar-refractivity contribution in [2.75, 3.05) is 40.9 Å². The number of nitrogens with zero attached hydrogens (tertiary/aromatic N) is 2. The predicted molar refractivity (Wildman–Crippen MR) is 119 cm³/mol. The largest absolute Gasteiger partial charge is 0.444 e. The lowest BCUT2D eigenvalue weighted by Gasteiger charge is -2.42. The van der Waals surface area contributed by atoms with Crippen LogP contribution in [0.4, 0.5) is 4.79 Å². The van der Waals surface area contributed by atoms with Gasteiger partial charge in [0.1, 0.15) is 5.60 Å². The molecule has 1 amide bonds. The fourth-order valence-corrected chi connectivity index (χ4v) is 3.63. The molecule has 29 heavy (non-hydrogen) atoms. The van der Waals surface area contributed by atoms with Crippen LogP contribution in [0.2, 0.25) is 0 Å². The van der Waals surface area contributed by atoms with Crippen LogP contribution in [0.15, 0.2) is 4.99 Å². The molecular formula is C22H44N4O3. The quantitative estimate of drug-likeness (QED) is 0.423. The Morgan fingerprint density at radius 3 is 2.38 bits per heavy atom. The van der Waals surface area contributed by atoms with Crippen LogP contribution in [-0.2, 0) is 9.47 Å². The third-order valence-electron chi connectivity index (χ3n) is 5.73. The van der Waals surface area contributed by atoms with E-state index in [4.69, 9.17) is 9.47 Å². The van der Waals surface area contributed by atoms with Gasteiger partial charge in [-0.25, -0.2) is 4.79 Å². The smallest absolute Gasteiger partial charge is 0.407 e. The predicted octanol–water partition coefficient (Wildman–Crippen LogP) is 3.64. The standard InChI is InChI=1S/C22H44N4O3/c1-17(2)18(25-20(27)29-21(3,4)5)10-14-26(7)19(23-6)24-16-22(11-9-12-22)13-15-28-8/h17-18H,9-16H2,1-8H3,(H,23,24)(H,25,27). The molecule has 1 atom stereocenters. The number of hydrogen-bond donors (Lipinski definition) is 2. The van der Waals surface area contributed by atoms with Gasteiger partial charge in [-0.05, 0) is 57.8 Å². The van der Waals surface area contributed by atoms with Gasteiger partial charge < -0.3 is 25.0 Å². The summed E-state index contributed by atoms with van der Waals surface area (Å²) in [6.45, 7) is 12.4. The summed E-state index contributed by atoms with van der Waals surface area (Å²) < 4.78 is 10.7. The molecule has 1 saturated carbocycles. The van der Waals surface area contributed by atoms with Crippen LogP contribution < -0.4 is 10.6 Å². The van der Waals surface area contributed by atoms with Crippen LogP contribution in [0.5, 0.6) is 0 Å². The summed E-state index contributed by atoms with van der Waals surface area (Å²) in [5.41, 5.74) is -0.153. The maximum absolute atomic E-state index is 12.2. The van der Waals surface area contributed by atoms with Gasteiger partial charge in [-0.3, -0.25) is 4.99 Å². The van der Waals surface area contributed by atoms with E-state index in [1.165, 1.54) is 19.3 Å². The second-order valence-electron chi connectivity index (χ2n) is 9.70. The third kappa shape index (κ3) is 9.24. The molecule has 1 aliphatic rings. The summed E-state index contributed by atoms with van der Waals surface area (Å²) in [5.74, 6) is 1.21. The Bertz CT molecular complexity index is 525. The molecule has 0 aromatic rings. The van der Waals surface area contributed by atoms with Gasteiger partial charge in [-0.1, -0.05) is 20.3 Å². The number of amides is 1. The Balaban J connectivity index is 2.53. The number of ether oxygens (including phenoxy) is 2. The Morgan fingerprint density at radius 1 is 1.28 bits per heavy atom. The van der Waals surface area contributed by atoms with E-state index in [2.05, 4.69) is 34.4 Å². The van der Waals surface area contributed by atoms with Crippen molar-refractivity contribution in [2.45, 2.75) is 78.4 Å². The molecule has 1 fully saturated rings. The average molecular weight is 413 g/mol. The minimum absolute atomic E-state index is 0.0464. The maximum atomic E-state index is 12.2. The minimum atomic E-state index is -0.491. The molecule has 1 aliphatic carbocycles. The van der Waals surface area contributed by atoms with E-state index < -0.39 is 5.60 Å². The van der Waals surface area contributed by atoms with Crippen LogP contribution in [-0.4, -0.2) is 69.5 Å². The van der Waals surface area contributed by atoms with Gasteiger partial charge in [0.2, 0.25) is 0 Å². The number of aliphatic imine (C=N–C) groups is 1. The van der Waals surface area contributed by atoms with Gasteiger partial charge in [-0.15, -0.1) is 0 Å². The first-order valence-electron chi connectivity index (χ1n) is 10.9. The summed E-state index contributed by atoms with van der Waals surface area (Å²) in [5, 5.41) is 6.58. The van der Waals surface area contributed by atoms with Crippen molar-refractivity contribution in [2.24, 2.45) is 16.3 Å². The molecule has 0 bridgehead atoms. The van der Waals surface area contributed by atoms with E-state index in [1.54, 1.807) is 7.11 Å². The van der Waals surface area contributed by atoms with Crippen molar-refractivity contribution in [1.82, 2.24) is 15.5 Å². The molecule has 0 saturated heterocycles. The maximum Gasteiger partial charge on any atom is 0.407 e. The van der Waals surface area contributed by atoms with Crippen LogP contribution in [0.3, 0.4) is 0 Å². The summed E-state index contributed by atoms with van der Waals surface area (Å²) >= 11 is 0. The molecule has 2 N–H and O–H groups in total.